The van der Waals surface area contributed by atoms with Crippen LogP contribution in [0.5, 0.6) is 23.0 Å². The third-order valence-corrected chi connectivity index (χ3v) is 7.56. The summed E-state index contributed by atoms with van der Waals surface area (Å²) >= 11 is 0. The number of aryl methyl sites for hydroxylation is 1. The van der Waals surface area contributed by atoms with E-state index in [0.717, 1.165) is 42.0 Å². The van der Waals surface area contributed by atoms with E-state index in [0.29, 0.717) is 30.1 Å². The Morgan fingerprint density at radius 3 is 2.67 bits per heavy atom. The summed E-state index contributed by atoms with van der Waals surface area (Å²) in [6.45, 7) is 2.32. The van der Waals surface area contributed by atoms with E-state index < -0.39 is 0 Å². The number of ether oxygens (including phenoxy) is 2. The smallest absolute Gasteiger partial charge is 0.220 e. The molecule has 6 rings (SSSR count). The summed E-state index contributed by atoms with van der Waals surface area (Å²) < 4.78 is 11.7. The first kappa shape index (κ1) is 24.9. The lowest BCUT2D eigenvalue weighted by atomic mass is 9.93. The Morgan fingerprint density at radius 2 is 1.87 bits per heavy atom. The zero-order valence-corrected chi connectivity index (χ0v) is 21.8. The molecular weight excluding hydrogens is 490 g/mol. The number of rotatable bonds is 4. The van der Waals surface area contributed by atoms with Gasteiger partial charge in [-0.3, -0.25) is 14.7 Å². The molecule has 4 bridgehead atoms. The van der Waals surface area contributed by atoms with Gasteiger partial charge in [-0.15, -0.1) is 0 Å². The molecule has 4 aromatic rings. The van der Waals surface area contributed by atoms with Crippen molar-refractivity contribution in [3.8, 4) is 34.3 Å². The molecule has 39 heavy (non-hydrogen) atoms. The number of nitrogens with one attached hydrogen (secondary N) is 1. The maximum Gasteiger partial charge on any atom is 0.220 e. The molecule has 0 unspecified atom stereocenters. The predicted octanol–water partition coefficient (Wildman–Crippen LogP) is 5.29. The molecule has 0 saturated carbocycles. The van der Waals surface area contributed by atoms with Crippen molar-refractivity contribution in [2.45, 2.75) is 31.3 Å². The molecule has 2 atom stereocenters. The number of hydrogen-bond acceptors (Lipinski definition) is 6. The van der Waals surface area contributed by atoms with Crippen LogP contribution < -0.4 is 14.8 Å². The lowest BCUT2D eigenvalue weighted by Crippen LogP contribution is -2.39. The van der Waals surface area contributed by atoms with E-state index in [1.165, 1.54) is 5.56 Å². The van der Waals surface area contributed by atoms with Crippen LogP contribution in [0.2, 0.25) is 0 Å². The lowest BCUT2D eigenvalue weighted by Gasteiger charge is -2.21. The largest absolute Gasteiger partial charge is 0.504 e. The number of fused-ring (bicyclic) bond motifs is 6. The summed E-state index contributed by atoms with van der Waals surface area (Å²) in [7, 11) is 1.60. The van der Waals surface area contributed by atoms with E-state index in [2.05, 4.69) is 39.5 Å². The number of amides is 1. The second-order valence-corrected chi connectivity index (χ2v) is 10.2. The van der Waals surface area contributed by atoms with Crippen LogP contribution in [-0.2, 0) is 17.8 Å². The quantitative estimate of drug-likeness (QED) is 0.380. The van der Waals surface area contributed by atoms with Gasteiger partial charge in [0.2, 0.25) is 5.91 Å². The minimum atomic E-state index is -0.0381. The van der Waals surface area contributed by atoms with Crippen molar-refractivity contribution in [2.24, 2.45) is 0 Å². The van der Waals surface area contributed by atoms with Crippen molar-refractivity contribution >= 4 is 5.91 Å². The number of benzene rings is 3. The van der Waals surface area contributed by atoms with Gasteiger partial charge in [-0.2, -0.15) is 0 Å². The highest BCUT2D eigenvalue weighted by Crippen LogP contribution is 2.40. The first-order valence-corrected chi connectivity index (χ1v) is 13.3. The fourth-order valence-corrected chi connectivity index (χ4v) is 5.53. The highest BCUT2D eigenvalue weighted by molar-refractivity contribution is 5.77. The van der Waals surface area contributed by atoms with E-state index in [-0.39, 0.29) is 23.6 Å². The Morgan fingerprint density at radius 1 is 1.00 bits per heavy atom. The number of hydrogen-bond donors (Lipinski definition) is 2. The molecule has 2 N–H and O–H groups in total. The van der Waals surface area contributed by atoms with Gasteiger partial charge in [0.1, 0.15) is 0 Å². The predicted molar refractivity (Wildman–Crippen MR) is 149 cm³/mol. The molecule has 198 valence electrons. The molecule has 1 aromatic heterocycles. The average molecular weight is 522 g/mol. The minimum Gasteiger partial charge on any atom is -0.504 e. The van der Waals surface area contributed by atoms with Crippen molar-refractivity contribution in [1.82, 2.24) is 15.2 Å². The molecule has 7 heteroatoms. The maximum atomic E-state index is 13.0. The molecule has 0 spiro atoms. The number of aromatic nitrogens is 1. The number of likely N-dealkylation sites (tertiary alicyclic amines) is 1. The van der Waals surface area contributed by atoms with Gasteiger partial charge < -0.3 is 19.9 Å². The molecule has 0 aliphatic carbocycles. The fourth-order valence-electron chi connectivity index (χ4n) is 5.53. The summed E-state index contributed by atoms with van der Waals surface area (Å²) in [6.07, 6.45) is 2.73. The van der Waals surface area contributed by atoms with Gasteiger partial charge in [0, 0.05) is 49.8 Å². The molecule has 1 saturated heterocycles. The molecule has 2 aliphatic heterocycles. The van der Waals surface area contributed by atoms with Gasteiger partial charge in [-0.25, -0.2) is 0 Å². The molecule has 7 nitrogen and oxygen atoms in total. The first-order chi connectivity index (χ1) is 19.1. The molecule has 1 fully saturated rings. The second-order valence-electron chi connectivity index (χ2n) is 10.2. The number of aromatic hydroxyl groups is 1. The number of nitrogens with zero attached hydrogens (tertiary/aromatic N) is 2. The summed E-state index contributed by atoms with van der Waals surface area (Å²) in [5.74, 6) is 1.62. The number of carbonyl (C=O) groups is 1. The van der Waals surface area contributed by atoms with E-state index >= 15 is 0 Å². The molecule has 1 amide bonds. The van der Waals surface area contributed by atoms with Crippen LogP contribution in [0.4, 0.5) is 0 Å². The van der Waals surface area contributed by atoms with Crippen LogP contribution in [-0.4, -0.2) is 47.1 Å². The maximum absolute atomic E-state index is 13.0. The Hall–Kier alpha value is -4.36. The van der Waals surface area contributed by atoms with E-state index in [1.54, 1.807) is 25.4 Å². The average Bonchev–Trinajstić information content (AvgIpc) is 3.35. The number of methoxy groups -OCH3 is 1. The number of phenols is 1. The van der Waals surface area contributed by atoms with Crippen molar-refractivity contribution in [1.29, 1.82) is 0 Å². The standard InChI is InChI=1S/C32H31N3O4/c1-38-29-13-11-24-17-31(29)39-30-16-21(7-12-28(30)36)8-14-32(37)34-27-20-35(19-25(24)27)18-22-5-9-23(10-6-22)26-4-2-3-15-33-26/h2-7,9-13,15-17,25,27,36H,8,14,18-20H2,1H3,(H,34,37)/t25-,27+/m0/s1. The Kier molecular flexibility index (Phi) is 6.90. The number of pyridine rings is 1. The van der Waals surface area contributed by atoms with E-state index in [4.69, 9.17) is 9.47 Å². The van der Waals surface area contributed by atoms with Crippen LogP contribution in [0.1, 0.15) is 29.0 Å². The third kappa shape index (κ3) is 5.45. The monoisotopic (exact) mass is 521 g/mol. The molecule has 3 aromatic carbocycles. The highest BCUT2D eigenvalue weighted by Gasteiger charge is 2.35. The van der Waals surface area contributed by atoms with E-state index in [9.17, 15) is 9.90 Å². The summed E-state index contributed by atoms with van der Waals surface area (Å²) in [5, 5.41) is 13.7. The fraction of sp³-hybridized carbons (Fsp3) is 0.250. The summed E-state index contributed by atoms with van der Waals surface area (Å²) in [4.78, 5) is 19.8. The van der Waals surface area contributed by atoms with Crippen LogP contribution in [0.15, 0.2) is 85.1 Å². The summed E-state index contributed by atoms with van der Waals surface area (Å²) in [6, 6.07) is 25.5. The molecule has 0 radical (unpaired) electrons. The zero-order chi connectivity index (χ0) is 26.8. The van der Waals surface area contributed by atoms with Crippen LogP contribution in [0.25, 0.3) is 11.3 Å². The number of carbonyl (C=O) groups excluding carboxylic acids is 1. The number of phenolic OH excluding ortho intramolecular Hbond substituents is 1. The van der Waals surface area contributed by atoms with Crippen molar-refractivity contribution in [3.63, 3.8) is 0 Å². The van der Waals surface area contributed by atoms with Gasteiger partial charge in [0.25, 0.3) is 0 Å². The van der Waals surface area contributed by atoms with Gasteiger partial charge in [-0.1, -0.05) is 42.5 Å². The van der Waals surface area contributed by atoms with Crippen molar-refractivity contribution in [2.75, 3.05) is 20.2 Å². The van der Waals surface area contributed by atoms with Gasteiger partial charge in [0.05, 0.1) is 12.8 Å². The topological polar surface area (TPSA) is 83.9 Å². The van der Waals surface area contributed by atoms with E-state index in [1.807, 2.05) is 42.5 Å². The van der Waals surface area contributed by atoms with Gasteiger partial charge in [-0.05, 0) is 59.5 Å². The van der Waals surface area contributed by atoms with Crippen molar-refractivity contribution < 1.29 is 19.4 Å². The minimum absolute atomic E-state index is 0.0232. The molecule has 2 aliphatic rings. The first-order valence-electron chi connectivity index (χ1n) is 13.3. The van der Waals surface area contributed by atoms with Gasteiger partial charge >= 0.3 is 0 Å². The normalized spacial score (nSPS) is 19.1. The van der Waals surface area contributed by atoms with Gasteiger partial charge in [0.15, 0.2) is 23.0 Å². The summed E-state index contributed by atoms with van der Waals surface area (Å²) in [5.41, 5.74) is 5.23. The zero-order valence-electron chi connectivity index (χ0n) is 21.8. The Bertz CT molecular complexity index is 1470. The second kappa shape index (κ2) is 10.8. The Labute approximate surface area is 228 Å². The SMILES string of the molecule is COc1ccc2cc1Oc1cc(ccc1O)CCC(=O)N[C@@H]1CN(Cc3ccc(-c4ccccn4)cc3)C[C@@H]21. The highest BCUT2D eigenvalue weighted by atomic mass is 16.5. The molecular formula is C32H31N3O4. The van der Waals surface area contributed by atoms with Crippen LogP contribution >= 0.6 is 0 Å². The van der Waals surface area contributed by atoms with Crippen LogP contribution in [0.3, 0.4) is 0 Å². The third-order valence-electron chi connectivity index (χ3n) is 7.56. The Balaban J connectivity index is 1.27. The molecule has 3 heterocycles. The van der Waals surface area contributed by atoms with Crippen molar-refractivity contribution in [3.05, 3.63) is 102 Å². The van der Waals surface area contributed by atoms with Crippen LogP contribution in [0, 0.1) is 0 Å². The lowest BCUT2D eigenvalue weighted by molar-refractivity contribution is -0.121.